The van der Waals surface area contributed by atoms with E-state index in [2.05, 4.69) is 63.6 Å². The van der Waals surface area contributed by atoms with Crippen LogP contribution in [0.3, 0.4) is 0 Å². The van der Waals surface area contributed by atoms with Gasteiger partial charge in [0.15, 0.2) is 0 Å². The van der Waals surface area contributed by atoms with Crippen LogP contribution in [0.4, 0.5) is 0 Å². The molecule has 0 aliphatic heterocycles. The van der Waals surface area contributed by atoms with Crippen molar-refractivity contribution in [2.75, 3.05) is 0 Å². The van der Waals surface area contributed by atoms with Crippen LogP contribution in [-0.2, 0) is 0 Å². The molecule has 0 aromatic carbocycles. The molecule has 1 aliphatic rings. The highest BCUT2D eigenvalue weighted by Gasteiger charge is 2.42. The van der Waals surface area contributed by atoms with Crippen molar-refractivity contribution in [1.82, 2.24) is 0 Å². The Morgan fingerprint density at radius 1 is 1.19 bits per heavy atom. The topological polar surface area (TPSA) is 23.8 Å². The first-order chi connectivity index (χ1) is 7.12. The predicted octanol–water partition coefficient (Wildman–Crippen LogP) is 4.35. The van der Waals surface area contributed by atoms with Gasteiger partial charge in [-0.3, -0.25) is 0 Å². The predicted molar refractivity (Wildman–Crippen MR) is 76.8 cm³/mol. The van der Waals surface area contributed by atoms with Crippen molar-refractivity contribution in [1.29, 1.82) is 5.26 Å². The van der Waals surface area contributed by atoms with Gasteiger partial charge >= 0.3 is 0 Å². The molecule has 1 unspecified atom stereocenters. The molecule has 0 aromatic rings. The Kier molecular flexibility index (Phi) is 3.38. The molecule has 88 valence electrons. The largest absolute Gasteiger partial charge is 0.198 e. The van der Waals surface area contributed by atoms with Crippen LogP contribution in [-0.4, -0.2) is 16.1 Å². The minimum absolute atomic E-state index is 0.184. The van der Waals surface area contributed by atoms with Gasteiger partial charge in [0.05, 0.1) is 27.3 Å². The van der Waals surface area contributed by atoms with Crippen molar-refractivity contribution in [3.05, 3.63) is 23.4 Å². The second-order valence-corrected chi connectivity index (χ2v) is 17.2. The van der Waals surface area contributed by atoms with Crippen molar-refractivity contribution in [2.24, 2.45) is 0 Å². The normalized spacial score (nSPS) is 26.2. The summed E-state index contributed by atoms with van der Waals surface area (Å²) in [6.07, 6.45) is 7.69. The van der Waals surface area contributed by atoms with Gasteiger partial charge in [-0.2, -0.15) is 5.26 Å². The maximum Gasteiger partial charge on any atom is 0.0771 e. The zero-order valence-corrected chi connectivity index (χ0v) is 13.4. The quantitative estimate of drug-likeness (QED) is 0.667. The van der Waals surface area contributed by atoms with Gasteiger partial charge in [0.25, 0.3) is 0 Å². The van der Waals surface area contributed by atoms with Crippen LogP contribution in [0.5, 0.6) is 0 Å². The lowest BCUT2D eigenvalue weighted by molar-refractivity contribution is 0.816. The molecule has 0 heterocycles. The van der Waals surface area contributed by atoms with Crippen molar-refractivity contribution >= 4 is 16.1 Å². The average Bonchev–Trinajstić information content (AvgIpc) is 2.14. The lowest BCUT2D eigenvalue weighted by Crippen LogP contribution is -2.38. The molecule has 0 bridgehead atoms. The maximum absolute atomic E-state index is 9.48. The van der Waals surface area contributed by atoms with Crippen molar-refractivity contribution in [3.8, 4) is 6.07 Å². The fourth-order valence-electron chi connectivity index (χ4n) is 2.00. The van der Waals surface area contributed by atoms with Gasteiger partial charge in [0.2, 0.25) is 0 Å². The number of rotatable bonds is 2. The van der Waals surface area contributed by atoms with Crippen LogP contribution in [0, 0.1) is 11.3 Å². The first kappa shape index (κ1) is 13.5. The van der Waals surface area contributed by atoms with Crippen molar-refractivity contribution in [3.63, 3.8) is 0 Å². The standard InChI is InChI=1S/C13H23NSi2/c1-15(2,3)12-7-9-13(11-14,10-8-12)16(4,5)6/h7-9H,10H2,1-6H3. The van der Waals surface area contributed by atoms with Gasteiger partial charge in [-0.05, 0) is 6.42 Å². The highest BCUT2D eigenvalue weighted by molar-refractivity contribution is 6.84. The number of nitriles is 1. The molecule has 0 fully saturated rings. The Morgan fingerprint density at radius 3 is 2.00 bits per heavy atom. The van der Waals surface area contributed by atoms with Gasteiger partial charge in [-0.1, -0.05) is 62.7 Å². The Hall–Kier alpha value is -0.596. The molecule has 1 aliphatic carbocycles. The number of allylic oxidation sites excluding steroid dienone is 4. The Bertz CT molecular complexity index is 374. The van der Waals surface area contributed by atoms with Crippen LogP contribution in [0.15, 0.2) is 23.4 Å². The summed E-state index contributed by atoms with van der Waals surface area (Å²) in [6, 6.07) is 2.58. The second kappa shape index (κ2) is 4.01. The summed E-state index contributed by atoms with van der Waals surface area (Å²) < 4.78 is 0. The summed E-state index contributed by atoms with van der Waals surface area (Å²) >= 11 is 0. The van der Waals surface area contributed by atoms with E-state index in [1.165, 1.54) is 5.20 Å². The third-order valence-corrected chi connectivity index (χ3v) is 8.86. The maximum atomic E-state index is 9.48. The minimum atomic E-state index is -1.47. The highest BCUT2D eigenvalue weighted by atomic mass is 28.3. The molecule has 0 saturated carbocycles. The van der Waals surface area contributed by atoms with E-state index in [9.17, 15) is 5.26 Å². The van der Waals surface area contributed by atoms with E-state index in [0.717, 1.165) is 6.42 Å². The zero-order valence-electron chi connectivity index (χ0n) is 11.4. The van der Waals surface area contributed by atoms with Crippen LogP contribution in [0.25, 0.3) is 0 Å². The molecule has 0 spiro atoms. The first-order valence-corrected chi connectivity index (χ1v) is 12.9. The minimum Gasteiger partial charge on any atom is -0.198 e. The molecule has 0 amide bonds. The molecule has 1 rings (SSSR count). The molecule has 0 N–H and O–H groups in total. The van der Waals surface area contributed by atoms with Gasteiger partial charge in [0, 0.05) is 0 Å². The van der Waals surface area contributed by atoms with Crippen molar-refractivity contribution in [2.45, 2.75) is 50.7 Å². The first-order valence-electron chi connectivity index (χ1n) is 5.93. The van der Waals surface area contributed by atoms with E-state index in [1.54, 1.807) is 0 Å². The van der Waals surface area contributed by atoms with Crippen LogP contribution in [0.1, 0.15) is 6.42 Å². The SMILES string of the molecule is C[Si](C)(C)C1=CCC(C#N)([Si](C)(C)C)C=C1. The molecule has 16 heavy (non-hydrogen) atoms. The number of hydrogen-bond acceptors (Lipinski definition) is 1. The third-order valence-electron chi connectivity index (χ3n) is 3.60. The summed E-state index contributed by atoms with van der Waals surface area (Å²) in [5.41, 5.74) is 0. The molecular weight excluding hydrogens is 226 g/mol. The summed E-state index contributed by atoms with van der Waals surface area (Å²) in [5.74, 6) is 0. The monoisotopic (exact) mass is 249 g/mol. The van der Waals surface area contributed by atoms with E-state index < -0.39 is 16.1 Å². The van der Waals surface area contributed by atoms with E-state index >= 15 is 0 Å². The molecular formula is C13H23NSi2. The summed E-state index contributed by atoms with van der Waals surface area (Å²) in [4.78, 5) is 0. The van der Waals surface area contributed by atoms with Gasteiger partial charge in [0.1, 0.15) is 0 Å². The van der Waals surface area contributed by atoms with Crippen LogP contribution < -0.4 is 0 Å². The molecule has 0 aromatic heterocycles. The summed E-state index contributed by atoms with van der Waals surface area (Å²) in [5, 5.41) is 10.8. The Balaban J connectivity index is 3.03. The second-order valence-electron chi connectivity index (χ2n) is 6.78. The average molecular weight is 250 g/mol. The molecule has 3 heteroatoms. The van der Waals surface area contributed by atoms with E-state index in [0.29, 0.717) is 0 Å². The molecule has 0 saturated heterocycles. The molecule has 1 atom stereocenters. The van der Waals surface area contributed by atoms with E-state index in [-0.39, 0.29) is 5.04 Å². The fraction of sp³-hybridized carbons (Fsp3) is 0.615. The van der Waals surface area contributed by atoms with E-state index in [4.69, 9.17) is 0 Å². The fourth-order valence-corrected chi connectivity index (χ4v) is 4.93. The summed E-state index contributed by atoms with van der Waals surface area (Å²) in [7, 11) is -2.68. The van der Waals surface area contributed by atoms with Crippen molar-refractivity contribution < 1.29 is 0 Å². The molecule has 1 nitrogen and oxygen atoms in total. The third kappa shape index (κ3) is 2.39. The number of hydrogen-bond donors (Lipinski definition) is 0. The Morgan fingerprint density at radius 2 is 1.75 bits per heavy atom. The zero-order chi connectivity index (χ0) is 12.6. The lowest BCUT2D eigenvalue weighted by atomic mass is 10.0. The van der Waals surface area contributed by atoms with E-state index in [1.807, 2.05) is 0 Å². The van der Waals surface area contributed by atoms with Crippen LogP contribution in [0.2, 0.25) is 44.3 Å². The van der Waals surface area contributed by atoms with Gasteiger partial charge < -0.3 is 0 Å². The molecule has 0 radical (unpaired) electrons. The van der Waals surface area contributed by atoms with Gasteiger partial charge in [-0.25, -0.2) is 0 Å². The van der Waals surface area contributed by atoms with Gasteiger partial charge in [-0.15, -0.1) is 0 Å². The lowest BCUT2D eigenvalue weighted by Gasteiger charge is -2.37. The smallest absolute Gasteiger partial charge is 0.0771 e. The highest BCUT2D eigenvalue weighted by Crippen LogP contribution is 2.46. The number of nitrogens with zero attached hydrogens (tertiary/aromatic N) is 1. The van der Waals surface area contributed by atoms with Crippen LogP contribution >= 0.6 is 0 Å². The summed E-state index contributed by atoms with van der Waals surface area (Å²) in [6.45, 7) is 13.9. The Labute approximate surface area is 102 Å².